The molecule has 2 N–H and O–H groups in total. The number of alkyl halides is 4. The largest absolute Gasteiger partial charge is 0.367 e. The molecule has 15 heteroatoms. The molecule has 0 saturated heterocycles. The highest BCUT2D eigenvalue weighted by Crippen LogP contribution is 2.35. The van der Waals surface area contributed by atoms with E-state index in [4.69, 9.17) is 11.6 Å². The molecule has 4 heterocycles. The van der Waals surface area contributed by atoms with Crippen LogP contribution in [-0.2, 0) is 0 Å². The predicted octanol–water partition coefficient (Wildman–Crippen LogP) is 7.50. The van der Waals surface area contributed by atoms with Gasteiger partial charge in [0.25, 0.3) is 11.9 Å². The van der Waals surface area contributed by atoms with Crippen LogP contribution < -0.4 is 10.6 Å². The molecule has 0 aromatic carbocycles. The molecule has 0 radical (unpaired) electrons. The van der Waals surface area contributed by atoms with Gasteiger partial charge in [-0.05, 0) is 72.4 Å². The van der Waals surface area contributed by atoms with Crippen molar-refractivity contribution in [3.05, 3.63) is 57.9 Å². The van der Waals surface area contributed by atoms with Crippen molar-refractivity contribution in [3.63, 3.8) is 0 Å². The second kappa shape index (κ2) is 13.5. The van der Waals surface area contributed by atoms with E-state index in [-0.39, 0.29) is 42.9 Å². The molecule has 2 saturated carbocycles. The lowest BCUT2D eigenvalue weighted by Crippen LogP contribution is -2.32. The SMILES string of the molecule is Cc1cc(C)n(-c2nc(Cl)cc(NC3CCC(F)(F)CC3)n2)n1.Cc1cc(NC2CCC(F)(F)CC2)nc(-n2nc(C)cc2C)n1. The van der Waals surface area contributed by atoms with Crippen LogP contribution in [0.3, 0.4) is 0 Å². The van der Waals surface area contributed by atoms with E-state index >= 15 is 0 Å². The third-order valence-electron chi connectivity index (χ3n) is 8.06. The lowest BCUT2D eigenvalue weighted by atomic mass is 9.92. The van der Waals surface area contributed by atoms with Gasteiger partial charge in [-0.25, -0.2) is 31.9 Å². The summed E-state index contributed by atoms with van der Waals surface area (Å²) in [4.78, 5) is 17.5. The number of hydrogen-bond acceptors (Lipinski definition) is 8. The van der Waals surface area contributed by atoms with Gasteiger partial charge in [0.15, 0.2) is 0 Å². The molecule has 0 spiro atoms. The standard InChI is InChI=1S/C16H21F2N5.C15H18ClF2N5/c1-10-9-14(20-13-4-6-16(17,18)7-5-13)21-15(19-10)23-12(3)8-11(2)22-23;1-9-7-10(2)23(22-9)14-20-12(16)8-13(21-14)19-11-3-5-15(17,18)6-4-11/h8-9,13H,4-7H2,1-3H3,(H,19,20,21);7-8,11H,3-6H2,1-2H3,(H,19,20,21). The number of aryl methyl sites for hydroxylation is 5. The van der Waals surface area contributed by atoms with E-state index in [0.29, 0.717) is 49.2 Å². The Morgan fingerprint density at radius 3 is 1.43 bits per heavy atom. The van der Waals surface area contributed by atoms with Crippen molar-refractivity contribution in [3.8, 4) is 11.9 Å². The zero-order valence-electron chi connectivity index (χ0n) is 26.6. The molecule has 2 fully saturated rings. The third kappa shape index (κ3) is 8.71. The minimum Gasteiger partial charge on any atom is -0.367 e. The molecule has 0 aliphatic heterocycles. The van der Waals surface area contributed by atoms with E-state index in [1.165, 1.54) is 0 Å². The molecule has 4 aromatic heterocycles. The second-order valence-electron chi connectivity index (χ2n) is 12.3. The topological polar surface area (TPSA) is 111 Å². The Morgan fingerprint density at radius 1 is 0.609 bits per heavy atom. The molecule has 0 amide bonds. The lowest BCUT2D eigenvalue weighted by Gasteiger charge is -2.29. The molecule has 6 rings (SSSR count). The number of rotatable bonds is 6. The first-order valence-electron chi connectivity index (χ1n) is 15.4. The van der Waals surface area contributed by atoms with Crippen LogP contribution in [0, 0.1) is 34.6 Å². The van der Waals surface area contributed by atoms with Gasteiger partial charge in [0, 0.05) is 67.0 Å². The van der Waals surface area contributed by atoms with Crippen molar-refractivity contribution in [2.75, 3.05) is 10.6 Å². The average Bonchev–Trinajstić information content (AvgIpc) is 3.49. The smallest absolute Gasteiger partial charge is 0.254 e. The highest BCUT2D eigenvalue weighted by molar-refractivity contribution is 6.29. The fourth-order valence-corrected chi connectivity index (χ4v) is 5.92. The molecule has 248 valence electrons. The average molecular weight is 663 g/mol. The Morgan fingerprint density at radius 2 is 1.02 bits per heavy atom. The summed E-state index contributed by atoms with van der Waals surface area (Å²) in [6, 6.07) is 7.31. The first-order valence-corrected chi connectivity index (χ1v) is 15.8. The van der Waals surface area contributed by atoms with Gasteiger partial charge in [-0.2, -0.15) is 25.1 Å². The fraction of sp³-hybridized carbons (Fsp3) is 0.548. The maximum atomic E-state index is 13.2. The van der Waals surface area contributed by atoms with Crippen LogP contribution in [-0.4, -0.2) is 63.4 Å². The Balaban J connectivity index is 0.000000181. The van der Waals surface area contributed by atoms with Crippen LogP contribution in [0.25, 0.3) is 11.9 Å². The van der Waals surface area contributed by atoms with Crippen molar-refractivity contribution in [1.29, 1.82) is 0 Å². The molecular formula is C31H39ClF4N10. The minimum absolute atomic E-state index is 0.0252. The van der Waals surface area contributed by atoms with Crippen LogP contribution in [0.1, 0.15) is 79.8 Å². The summed E-state index contributed by atoms with van der Waals surface area (Å²) in [5.74, 6) is -3.01. The number of hydrogen-bond donors (Lipinski definition) is 2. The van der Waals surface area contributed by atoms with Gasteiger partial charge < -0.3 is 10.6 Å². The molecule has 2 aliphatic rings. The van der Waals surface area contributed by atoms with Crippen LogP contribution >= 0.6 is 11.6 Å². The van der Waals surface area contributed by atoms with Crippen molar-refractivity contribution in [2.45, 2.75) is 110 Å². The van der Waals surface area contributed by atoms with Crippen molar-refractivity contribution in [1.82, 2.24) is 39.5 Å². The monoisotopic (exact) mass is 662 g/mol. The number of nitrogens with zero attached hydrogens (tertiary/aromatic N) is 8. The van der Waals surface area contributed by atoms with E-state index in [1.54, 1.807) is 15.4 Å². The molecule has 0 atom stereocenters. The van der Waals surface area contributed by atoms with Gasteiger partial charge in [0.2, 0.25) is 11.8 Å². The van der Waals surface area contributed by atoms with Crippen molar-refractivity contribution < 1.29 is 17.6 Å². The molecule has 0 unspecified atom stereocenters. The highest BCUT2D eigenvalue weighted by Gasteiger charge is 2.36. The first kappa shape index (κ1) is 33.6. The van der Waals surface area contributed by atoms with Gasteiger partial charge in [-0.15, -0.1) is 0 Å². The summed E-state index contributed by atoms with van der Waals surface area (Å²) in [5, 5.41) is 15.5. The summed E-state index contributed by atoms with van der Waals surface area (Å²) in [5.41, 5.74) is 4.42. The maximum absolute atomic E-state index is 13.2. The molecule has 2 aliphatic carbocycles. The summed E-state index contributed by atoms with van der Waals surface area (Å²) in [7, 11) is 0. The van der Waals surface area contributed by atoms with Crippen LogP contribution in [0.2, 0.25) is 5.15 Å². The molecule has 0 bridgehead atoms. The van der Waals surface area contributed by atoms with Gasteiger partial charge in [-0.3, -0.25) is 0 Å². The van der Waals surface area contributed by atoms with Crippen LogP contribution in [0.5, 0.6) is 0 Å². The third-order valence-corrected chi connectivity index (χ3v) is 8.26. The van der Waals surface area contributed by atoms with Gasteiger partial charge in [0.05, 0.1) is 11.4 Å². The molecule has 4 aromatic rings. The Hall–Kier alpha value is -3.81. The summed E-state index contributed by atoms with van der Waals surface area (Å²) < 4.78 is 56.3. The summed E-state index contributed by atoms with van der Waals surface area (Å²) in [6.45, 7) is 9.54. The lowest BCUT2D eigenvalue weighted by molar-refractivity contribution is -0.0366. The van der Waals surface area contributed by atoms with E-state index in [2.05, 4.69) is 40.8 Å². The fourth-order valence-electron chi connectivity index (χ4n) is 5.75. The summed E-state index contributed by atoms with van der Waals surface area (Å²) >= 11 is 6.07. The second-order valence-corrected chi connectivity index (χ2v) is 12.7. The molecule has 10 nitrogen and oxygen atoms in total. The van der Waals surface area contributed by atoms with E-state index in [0.717, 1.165) is 28.5 Å². The highest BCUT2D eigenvalue weighted by atomic mass is 35.5. The van der Waals surface area contributed by atoms with Gasteiger partial charge in [0.1, 0.15) is 16.8 Å². The van der Waals surface area contributed by atoms with E-state index in [9.17, 15) is 17.6 Å². The van der Waals surface area contributed by atoms with E-state index < -0.39 is 11.8 Å². The predicted molar refractivity (Wildman–Crippen MR) is 169 cm³/mol. The first-order chi connectivity index (χ1) is 21.6. The normalized spacial score (nSPS) is 18.1. The van der Waals surface area contributed by atoms with Crippen molar-refractivity contribution >= 4 is 23.2 Å². The van der Waals surface area contributed by atoms with Gasteiger partial charge >= 0.3 is 0 Å². The number of aromatic nitrogens is 8. The quantitative estimate of drug-likeness (QED) is 0.161. The van der Waals surface area contributed by atoms with Crippen molar-refractivity contribution in [2.24, 2.45) is 0 Å². The molecule has 46 heavy (non-hydrogen) atoms. The minimum atomic E-state index is -2.55. The Bertz CT molecular complexity index is 1530. The molecular weight excluding hydrogens is 624 g/mol. The Kier molecular flexibility index (Phi) is 9.85. The van der Waals surface area contributed by atoms with Crippen LogP contribution in [0.4, 0.5) is 29.2 Å². The zero-order chi connectivity index (χ0) is 33.2. The van der Waals surface area contributed by atoms with E-state index in [1.807, 2.05) is 52.8 Å². The number of halogens is 5. The van der Waals surface area contributed by atoms with Crippen LogP contribution in [0.15, 0.2) is 24.3 Å². The Labute approximate surface area is 270 Å². The number of nitrogens with one attached hydrogen (secondary N) is 2. The maximum Gasteiger partial charge on any atom is 0.254 e. The zero-order valence-corrected chi connectivity index (χ0v) is 27.3. The number of anilines is 2. The van der Waals surface area contributed by atoms with Gasteiger partial charge in [-0.1, -0.05) is 11.6 Å². The summed E-state index contributed by atoms with van der Waals surface area (Å²) in [6.07, 6.45) is 1.37.